The average molecular weight is 618 g/mol. The molecule has 0 radical (unpaired) electrons. The number of rotatable bonds is 7. The Labute approximate surface area is 256 Å². The molecule has 1 N–H and O–H groups in total. The highest BCUT2D eigenvalue weighted by Crippen LogP contribution is 2.31. The third kappa shape index (κ3) is 5.77. The maximum Gasteiger partial charge on any atom is 0.341 e. The molecule has 0 spiro atoms. The molecule has 0 amide bonds. The van der Waals surface area contributed by atoms with Crippen molar-refractivity contribution in [3.63, 3.8) is 0 Å². The fourth-order valence-electron chi connectivity index (χ4n) is 5.62. The molecule has 44 heavy (non-hydrogen) atoms. The molecule has 3 heterocycles. The number of fused-ring (bicyclic) bond motifs is 1. The second-order valence-corrected chi connectivity index (χ2v) is 11.6. The van der Waals surface area contributed by atoms with E-state index < -0.39 is 28.6 Å². The normalized spacial score (nSPS) is 16.4. The Morgan fingerprint density at radius 1 is 0.932 bits per heavy atom. The minimum Gasteiger partial charge on any atom is -0.477 e. The Morgan fingerprint density at radius 2 is 1.61 bits per heavy atom. The van der Waals surface area contributed by atoms with E-state index in [1.165, 1.54) is 12.3 Å². The molecular weight excluding hydrogens is 588 g/mol. The van der Waals surface area contributed by atoms with Crippen molar-refractivity contribution >= 4 is 56.0 Å². The van der Waals surface area contributed by atoms with Crippen LogP contribution in [0.5, 0.6) is 0 Å². The van der Waals surface area contributed by atoms with E-state index in [-0.39, 0.29) is 17.0 Å². The summed E-state index contributed by atoms with van der Waals surface area (Å²) in [5, 5.41) is 9.93. The Hall–Kier alpha value is -4.71. The largest absolute Gasteiger partial charge is 0.477 e. The van der Waals surface area contributed by atoms with Gasteiger partial charge in [-0.05, 0) is 48.5 Å². The Balaban J connectivity index is 1.18. The van der Waals surface area contributed by atoms with Crippen LogP contribution in [-0.2, 0) is 17.9 Å². The topological polar surface area (TPSA) is 98.5 Å². The van der Waals surface area contributed by atoms with Crippen LogP contribution in [-0.4, -0.2) is 63.5 Å². The maximum absolute atomic E-state index is 15.4. The van der Waals surface area contributed by atoms with Gasteiger partial charge in [0.15, 0.2) is 5.17 Å². The summed E-state index contributed by atoms with van der Waals surface area (Å²) in [6.45, 7) is 4.64. The van der Waals surface area contributed by atoms with Gasteiger partial charge in [0.25, 0.3) is 0 Å². The van der Waals surface area contributed by atoms with Gasteiger partial charge in [0.2, 0.25) is 10.5 Å². The Bertz CT molecular complexity index is 1860. The second kappa shape index (κ2) is 12.1. The van der Waals surface area contributed by atoms with E-state index in [2.05, 4.69) is 4.99 Å². The summed E-state index contributed by atoms with van der Waals surface area (Å²) in [6.07, 6.45) is 1.29. The first-order chi connectivity index (χ1) is 21.2. The predicted molar refractivity (Wildman–Crippen MR) is 168 cm³/mol. The maximum atomic E-state index is 15.4. The summed E-state index contributed by atoms with van der Waals surface area (Å²) >= 11 is 1.05. The molecular formula is C32H29F2N5O4S. The molecule has 0 aliphatic carbocycles. The number of carbonyl (C=O) groups is 2. The average Bonchev–Trinajstić information content (AvgIpc) is 3.35. The fraction of sp³-hybridized carbons (Fsp3) is 0.250. The lowest BCUT2D eigenvalue weighted by atomic mass is 10.1. The number of aryl methyl sites for hydroxylation is 1. The molecule has 226 valence electrons. The molecule has 2 saturated heterocycles. The van der Waals surface area contributed by atoms with Gasteiger partial charge in [-0.15, -0.1) is 0 Å². The molecule has 9 nitrogen and oxygen atoms in total. The standard InChI is InChI=1S/C32H29F2N5O4S/c1-2-36-18-23(31(42)43)30(41)22-15-25(34)28(16-27(22)36)38-12-10-37(11-13-38)26-9-8-21(14-24(26)33)35-32-39(19-29(40)44-32)17-20-6-4-3-5-7-20/h3-9,14-16,18H,2,10-13,17,19H2,1H3,(H,42,43). The molecule has 0 atom stereocenters. The zero-order valence-electron chi connectivity index (χ0n) is 23.9. The van der Waals surface area contributed by atoms with Crippen molar-refractivity contribution in [1.82, 2.24) is 9.47 Å². The Kier molecular flexibility index (Phi) is 8.09. The molecule has 2 aliphatic heterocycles. The van der Waals surface area contributed by atoms with Gasteiger partial charge in [0.05, 0.1) is 29.1 Å². The number of thioether (sulfide) groups is 1. The summed E-state index contributed by atoms with van der Waals surface area (Å²) in [7, 11) is 0. The van der Waals surface area contributed by atoms with Crippen molar-refractivity contribution in [1.29, 1.82) is 0 Å². The molecule has 6 rings (SSSR count). The lowest BCUT2D eigenvalue weighted by Gasteiger charge is -2.37. The van der Waals surface area contributed by atoms with E-state index >= 15 is 8.78 Å². The summed E-state index contributed by atoms with van der Waals surface area (Å²) in [4.78, 5) is 46.6. The van der Waals surface area contributed by atoms with E-state index in [0.717, 1.165) is 23.4 Å². The molecule has 2 aliphatic rings. The third-order valence-corrected chi connectivity index (χ3v) is 8.74. The third-order valence-electron chi connectivity index (χ3n) is 7.85. The van der Waals surface area contributed by atoms with Crippen LogP contribution < -0.4 is 15.2 Å². The highest BCUT2D eigenvalue weighted by molar-refractivity contribution is 8.26. The van der Waals surface area contributed by atoms with Crippen molar-refractivity contribution in [2.75, 3.05) is 42.5 Å². The number of aromatic carboxylic acids is 1. The van der Waals surface area contributed by atoms with Crippen molar-refractivity contribution in [2.45, 2.75) is 20.0 Å². The first kappa shape index (κ1) is 29.4. The highest BCUT2D eigenvalue weighted by Gasteiger charge is 2.28. The number of nitrogens with zero attached hydrogens (tertiary/aromatic N) is 5. The number of carboxylic acid groups (broad SMARTS) is 1. The smallest absolute Gasteiger partial charge is 0.341 e. The minimum absolute atomic E-state index is 0.0134. The van der Waals surface area contributed by atoms with E-state index in [4.69, 9.17) is 0 Å². The molecule has 0 saturated carbocycles. The van der Waals surface area contributed by atoms with Gasteiger partial charge in [-0.2, -0.15) is 0 Å². The summed E-state index contributed by atoms with van der Waals surface area (Å²) in [6, 6.07) is 17.2. The summed E-state index contributed by atoms with van der Waals surface area (Å²) < 4.78 is 32.3. The number of halogens is 2. The number of hydrogen-bond acceptors (Lipinski definition) is 7. The van der Waals surface area contributed by atoms with Crippen LogP contribution in [0.4, 0.5) is 25.8 Å². The molecule has 0 unspecified atom stereocenters. The van der Waals surface area contributed by atoms with Crippen molar-refractivity contribution in [3.8, 4) is 0 Å². The number of hydrogen-bond donors (Lipinski definition) is 1. The van der Waals surface area contributed by atoms with Crippen LogP contribution >= 0.6 is 11.8 Å². The second-order valence-electron chi connectivity index (χ2n) is 10.6. The molecule has 1 aromatic heterocycles. The number of amidine groups is 1. The summed E-state index contributed by atoms with van der Waals surface area (Å²) in [5.41, 5.74) is 1.49. The number of pyridine rings is 1. The SMILES string of the molecule is CCn1cc(C(=O)O)c(=O)c2cc(F)c(N3CCN(c4ccc(N=C5SC(=O)CN5Cc5ccccc5)cc4F)CC3)cc21. The van der Waals surface area contributed by atoms with Crippen LogP contribution in [0.3, 0.4) is 0 Å². The molecule has 12 heteroatoms. The number of anilines is 2. The van der Waals surface area contributed by atoms with Gasteiger partial charge in [0.1, 0.15) is 17.2 Å². The first-order valence-corrected chi connectivity index (χ1v) is 15.0. The van der Waals surface area contributed by atoms with Gasteiger partial charge in [-0.25, -0.2) is 18.6 Å². The number of carboxylic acids is 1. The van der Waals surface area contributed by atoms with Crippen LogP contribution in [0.25, 0.3) is 10.9 Å². The van der Waals surface area contributed by atoms with Gasteiger partial charge < -0.3 is 24.4 Å². The highest BCUT2D eigenvalue weighted by atomic mass is 32.2. The fourth-order valence-corrected chi connectivity index (χ4v) is 6.45. The van der Waals surface area contributed by atoms with Crippen LogP contribution in [0.1, 0.15) is 22.8 Å². The Morgan fingerprint density at radius 3 is 2.27 bits per heavy atom. The molecule has 2 fully saturated rings. The van der Waals surface area contributed by atoms with Crippen LogP contribution in [0.15, 0.2) is 76.6 Å². The van der Waals surface area contributed by atoms with Crippen LogP contribution in [0, 0.1) is 11.6 Å². The van der Waals surface area contributed by atoms with Gasteiger partial charge in [-0.3, -0.25) is 9.59 Å². The quantitative estimate of drug-likeness (QED) is 0.307. The van der Waals surface area contributed by atoms with Crippen molar-refractivity contribution in [3.05, 3.63) is 99.8 Å². The predicted octanol–water partition coefficient (Wildman–Crippen LogP) is 5.09. The number of piperazine rings is 1. The van der Waals surface area contributed by atoms with E-state index in [0.29, 0.717) is 67.0 Å². The molecule has 3 aromatic carbocycles. The molecule has 4 aromatic rings. The van der Waals surface area contributed by atoms with E-state index in [9.17, 15) is 19.5 Å². The van der Waals surface area contributed by atoms with Gasteiger partial charge in [-0.1, -0.05) is 30.3 Å². The van der Waals surface area contributed by atoms with Crippen LogP contribution in [0.2, 0.25) is 0 Å². The van der Waals surface area contributed by atoms with E-state index in [1.54, 1.807) is 22.8 Å². The molecule has 0 bridgehead atoms. The number of benzene rings is 3. The monoisotopic (exact) mass is 617 g/mol. The van der Waals surface area contributed by atoms with Gasteiger partial charge >= 0.3 is 5.97 Å². The summed E-state index contributed by atoms with van der Waals surface area (Å²) in [5.74, 6) is -2.42. The van der Waals surface area contributed by atoms with E-state index in [1.807, 2.05) is 52.0 Å². The minimum atomic E-state index is -1.36. The zero-order valence-corrected chi connectivity index (χ0v) is 24.7. The lowest BCUT2D eigenvalue weighted by molar-refractivity contribution is -0.110. The van der Waals surface area contributed by atoms with Crippen molar-refractivity contribution in [2.24, 2.45) is 4.99 Å². The first-order valence-electron chi connectivity index (χ1n) is 14.2. The van der Waals surface area contributed by atoms with Gasteiger partial charge in [0, 0.05) is 56.9 Å². The van der Waals surface area contributed by atoms with Crippen molar-refractivity contribution < 1.29 is 23.5 Å². The number of aromatic nitrogens is 1. The zero-order chi connectivity index (χ0) is 31.0. The number of carbonyl (C=O) groups excluding carboxylic acids is 1. The lowest BCUT2D eigenvalue weighted by Crippen LogP contribution is -2.47. The number of aliphatic imine (C=N–C) groups is 1.